The van der Waals surface area contributed by atoms with Gasteiger partial charge in [-0.05, 0) is 25.0 Å². The van der Waals surface area contributed by atoms with Crippen LogP contribution in [0.5, 0.6) is 0 Å². The Hall–Kier alpha value is -1.21. The van der Waals surface area contributed by atoms with Crippen molar-refractivity contribution in [3.05, 3.63) is 40.1 Å². The Morgan fingerprint density at radius 2 is 2.35 bits per heavy atom. The summed E-state index contributed by atoms with van der Waals surface area (Å²) in [5, 5.41) is 3.33. The van der Waals surface area contributed by atoms with Crippen LogP contribution in [0.4, 0.5) is 0 Å². The molecule has 2 atom stereocenters. The first-order chi connectivity index (χ1) is 11.3. The summed E-state index contributed by atoms with van der Waals surface area (Å²) < 4.78 is 13.7. The zero-order valence-electron chi connectivity index (χ0n) is 13.5. The van der Waals surface area contributed by atoms with E-state index in [0.29, 0.717) is 6.04 Å². The van der Waals surface area contributed by atoms with Gasteiger partial charge in [0.15, 0.2) is 0 Å². The average Bonchev–Trinajstić information content (AvgIpc) is 3.29. The molecule has 2 aliphatic heterocycles. The molecule has 0 bridgehead atoms. The molecule has 4 heterocycles. The number of morpholine rings is 1. The molecule has 6 heteroatoms. The first kappa shape index (κ1) is 15.3. The van der Waals surface area contributed by atoms with Crippen LogP contribution < -0.4 is 0 Å². The highest BCUT2D eigenvalue weighted by molar-refractivity contribution is 7.09. The molecule has 0 spiro atoms. The van der Waals surface area contributed by atoms with Gasteiger partial charge in [0.2, 0.25) is 0 Å². The second kappa shape index (κ2) is 6.73. The van der Waals surface area contributed by atoms with Gasteiger partial charge in [-0.25, -0.2) is 4.98 Å². The maximum atomic E-state index is 5.75. The SMILES string of the molecule is Cn1cccc1[C@H]1COCCN1Cc1csc([C@@H]2CCCO2)n1. The molecule has 0 aliphatic carbocycles. The molecule has 0 amide bonds. The summed E-state index contributed by atoms with van der Waals surface area (Å²) in [5.41, 5.74) is 2.46. The van der Waals surface area contributed by atoms with E-state index in [1.165, 1.54) is 5.69 Å². The quantitative estimate of drug-likeness (QED) is 0.862. The molecular formula is C17H23N3O2S. The van der Waals surface area contributed by atoms with E-state index in [0.717, 1.165) is 56.5 Å². The minimum Gasteiger partial charge on any atom is -0.378 e. The fourth-order valence-electron chi connectivity index (χ4n) is 3.44. The lowest BCUT2D eigenvalue weighted by Gasteiger charge is -2.35. The molecule has 124 valence electrons. The molecule has 4 rings (SSSR count). The first-order valence-electron chi connectivity index (χ1n) is 8.30. The Morgan fingerprint density at radius 1 is 1.39 bits per heavy atom. The third-order valence-corrected chi connectivity index (χ3v) is 5.69. The van der Waals surface area contributed by atoms with Gasteiger partial charge in [0.1, 0.15) is 11.1 Å². The van der Waals surface area contributed by atoms with Crippen LogP contribution in [0.25, 0.3) is 0 Å². The van der Waals surface area contributed by atoms with Crippen molar-refractivity contribution in [3.8, 4) is 0 Å². The van der Waals surface area contributed by atoms with Gasteiger partial charge in [-0.2, -0.15) is 0 Å². The van der Waals surface area contributed by atoms with Crippen LogP contribution >= 0.6 is 11.3 Å². The van der Waals surface area contributed by atoms with Crippen molar-refractivity contribution in [2.75, 3.05) is 26.4 Å². The Bertz CT molecular complexity index is 648. The van der Waals surface area contributed by atoms with E-state index in [4.69, 9.17) is 14.5 Å². The summed E-state index contributed by atoms with van der Waals surface area (Å²) in [4.78, 5) is 7.31. The Labute approximate surface area is 140 Å². The minimum atomic E-state index is 0.224. The molecular weight excluding hydrogens is 310 g/mol. The van der Waals surface area contributed by atoms with Crippen LogP contribution in [0, 0.1) is 0 Å². The number of hydrogen-bond donors (Lipinski definition) is 0. The maximum absolute atomic E-state index is 5.75. The van der Waals surface area contributed by atoms with Crippen LogP contribution in [-0.2, 0) is 23.1 Å². The second-order valence-corrected chi connectivity index (χ2v) is 7.17. The van der Waals surface area contributed by atoms with Crippen LogP contribution in [-0.4, -0.2) is 40.8 Å². The Morgan fingerprint density at radius 3 is 3.13 bits per heavy atom. The van der Waals surface area contributed by atoms with E-state index >= 15 is 0 Å². The highest BCUT2D eigenvalue weighted by Crippen LogP contribution is 2.32. The van der Waals surface area contributed by atoms with Crippen molar-refractivity contribution in [3.63, 3.8) is 0 Å². The van der Waals surface area contributed by atoms with Gasteiger partial charge in [0.05, 0.1) is 24.9 Å². The van der Waals surface area contributed by atoms with Gasteiger partial charge in [0.25, 0.3) is 0 Å². The first-order valence-corrected chi connectivity index (χ1v) is 9.18. The zero-order chi connectivity index (χ0) is 15.6. The van der Waals surface area contributed by atoms with Crippen LogP contribution in [0.2, 0.25) is 0 Å². The third kappa shape index (κ3) is 3.21. The molecule has 0 N–H and O–H groups in total. The lowest BCUT2D eigenvalue weighted by molar-refractivity contribution is -0.0157. The van der Waals surface area contributed by atoms with Crippen LogP contribution in [0.3, 0.4) is 0 Å². The summed E-state index contributed by atoms with van der Waals surface area (Å²) in [5.74, 6) is 0. The van der Waals surface area contributed by atoms with E-state index < -0.39 is 0 Å². The summed E-state index contributed by atoms with van der Waals surface area (Å²) in [6.07, 6.45) is 4.58. The Balaban J connectivity index is 1.49. The smallest absolute Gasteiger partial charge is 0.122 e. The van der Waals surface area contributed by atoms with Gasteiger partial charge in [-0.3, -0.25) is 4.90 Å². The van der Waals surface area contributed by atoms with Gasteiger partial charge in [-0.1, -0.05) is 0 Å². The number of ether oxygens (including phenoxy) is 2. The lowest BCUT2D eigenvalue weighted by Crippen LogP contribution is -2.39. The van der Waals surface area contributed by atoms with E-state index in [-0.39, 0.29) is 6.10 Å². The largest absolute Gasteiger partial charge is 0.378 e. The summed E-state index contributed by atoms with van der Waals surface area (Å²) >= 11 is 1.74. The zero-order valence-corrected chi connectivity index (χ0v) is 14.3. The van der Waals surface area contributed by atoms with Gasteiger partial charge in [0, 0.05) is 44.0 Å². The molecule has 2 fully saturated rings. The van der Waals surface area contributed by atoms with Crippen molar-refractivity contribution in [1.82, 2.24) is 14.5 Å². The van der Waals surface area contributed by atoms with Crippen LogP contribution in [0.15, 0.2) is 23.7 Å². The minimum absolute atomic E-state index is 0.224. The predicted molar refractivity (Wildman–Crippen MR) is 89.4 cm³/mol. The Kier molecular flexibility index (Phi) is 4.48. The summed E-state index contributed by atoms with van der Waals surface area (Å²) in [6, 6.07) is 4.59. The standard InChI is InChI=1S/C17H23N3O2S/c1-19-6-2-4-14(19)15-11-21-9-7-20(15)10-13-12-23-17(18-13)16-5-3-8-22-16/h2,4,6,12,15-16H,3,5,7-11H2,1H3/t15-,16+/m1/s1. The fraction of sp³-hybridized carbons (Fsp3) is 0.588. The number of aromatic nitrogens is 2. The molecule has 2 aromatic rings. The lowest BCUT2D eigenvalue weighted by atomic mass is 10.1. The second-order valence-electron chi connectivity index (χ2n) is 6.28. The van der Waals surface area contributed by atoms with E-state index in [1.54, 1.807) is 11.3 Å². The fourth-order valence-corrected chi connectivity index (χ4v) is 4.34. The summed E-state index contributed by atoms with van der Waals surface area (Å²) in [7, 11) is 2.10. The highest BCUT2D eigenvalue weighted by Gasteiger charge is 2.27. The molecule has 0 radical (unpaired) electrons. The van der Waals surface area contributed by atoms with Crippen molar-refractivity contribution < 1.29 is 9.47 Å². The summed E-state index contributed by atoms with van der Waals surface area (Å²) in [6.45, 7) is 4.24. The molecule has 2 aliphatic rings. The third-order valence-electron chi connectivity index (χ3n) is 4.70. The topological polar surface area (TPSA) is 39.5 Å². The monoisotopic (exact) mass is 333 g/mol. The van der Waals surface area contributed by atoms with Crippen molar-refractivity contribution >= 4 is 11.3 Å². The number of hydrogen-bond acceptors (Lipinski definition) is 5. The maximum Gasteiger partial charge on any atom is 0.122 e. The molecule has 23 heavy (non-hydrogen) atoms. The number of thiazole rings is 1. The number of aryl methyl sites for hydroxylation is 1. The predicted octanol–water partition coefficient (Wildman–Crippen LogP) is 2.91. The van der Waals surface area contributed by atoms with Crippen LogP contribution in [0.1, 0.15) is 41.4 Å². The van der Waals surface area contributed by atoms with Crippen molar-refractivity contribution in [1.29, 1.82) is 0 Å². The average molecular weight is 333 g/mol. The molecule has 0 saturated carbocycles. The van der Waals surface area contributed by atoms with Gasteiger partial charge >= 0.3 is 0 Å². The van der Waals surface area contributed by atoms with E-state index in [9.17, 15) is 0 Å². The number of rotatable bonds is 4. The van der Waals surface area contributed by atoms with Gasteiger partial charge < -0.3 is 14.0 Å². The van der Waals surface area contributed by atoms with Gasteiger partial charge in [-0.15, -0.1) is 11.3 Å². The van der Waals surface area contributed by atoms with E-state index in [2.05, 4.69) is 40.2 Å². The highest BCUT2D eigenvalue weighted by atomic mass is 32.1. The van der Waals surface area contributed by atoms with E-state index in [1.807, 2.05) is 0 Å². The molecule has 0 aromatic carbocycles. The van der Waals surface area contributed by atoms with Crippen molar-refractivity contribution in [2.45, 2.75) is 31.5 Å². The molecule has 0 unspecified atom stereocenters. The molecule has 2 aromatic heterocycles. The molecule has 2 saturated heterocycles. The molecule has 5 nitrogen and oxygen atoms in total. The van der Waals surface area contributed by atoms with Crippen molar-refractivity contribution in [2.24, 2.45) is 7.05 Å². The normalized spacial score (nSPS) is 26.0. The number of nitrogens with zero attached hydrogens (tertiary/aromatic N) is 3.